The fourth-order valence-electron chi connectivity index (χ4n) is 3.43. The molecular formula is C24H28ClN5O2S. The summed E-state index contributed by atoms with van der Waals surface area (Å²) in [6.07, 6.45) is 0. The number of aryl methyl sites for hydroxylation is 2. The van der Waals surface area contributed by atoms with Gasteiger partial charge in [0, 0.05) is 12.7 Å². The van der Waals surface area contributed by atoms with Crippen LogP contribution in [0.4, 0.5) is 5.69 Å². The van der Waals surface area contributed by atoms with Gasteiger partial charge in [-0.25, -0.2) is 0 Å². The monoisotopic (exact) mass is 485 g/mol. The van der Waals surface area contributed by atoms with Crippen LogP contribution in [0.5, 0.6) is 0 Å². The Bertz CT molecular complexity index is 1140. The number of halogens is 1. The van der Waals surface area contributed by atoms with Crippen molar-refractivity contribution in [3.63, 3.8) is 0 Å². The summed E-state index contributed by atoms with van der Waals surface area (Å²) in [5.74, 6) is 0.476. The van der Waals surface area contributed by atoms with Gasteiger partial charge in [-0.05, 0) is 43.0 Å². The summed E-state index contributed by atoms with van der Waals surface area (Å²) in [5, 5.41) is 15.5. The van der Waals surface area contributed by atoms with Gasteiger partial charge in [0.15, 0.2) is 11.0 Å². The smallest absolute Gasteiger partial charge is 0.253 e. The van der Waals surface area contributed by atoms with E-state index in [1.54, 1.807) is 24.3 Å². The second-order valence-electron chi connectivity index (χ2n) is 8.18. The number of thioether (sulfide) groups is 1. The van der Waals surface area contributed by atoms with Gasteiger partial charge < -0.3 is 15.2 Å². The lowest BCUT2D eigenvalue weighted by Crippen LogP contribution is -2.33. The van der Waals surface area contributed by atoms with E-state index in [-0.39, 0.29) is 29.5 Å². The summed E-state index contributed by atoms with van der Waals surface area (Å²) in [6, 6.07) is 12.4. The highest BCUT2D eigenvalue weighted by molar-refractivity contribution is 7.99. The standard InChI is InChI=1S/C24H28ClN5O2S/c1-14(2)20(27-23(32)17-11-6-7-12-18(17)25)22-28-29-24(30(22)5)33-13-19(31)26-21-15(3)9-8-10-16(21)4/h6-12,14,20H,13H2,1-5H3,(H,26,31)(H,27,32)/t20-/m1/s1. The van der Waals surface area contributed by atoms with Crippen LogP contribution < -0.4 is 10.6 Å². The van der Waals surface area contributed by atoms with Crippen molar-refractivity contribution >= 4 is 40.9 Å². The third kappa shape index (κ3) is 5.94. The maximum absolute atomic E-state index is 12.8. The fraction of sp³-hybridized carbons (Fsp3) is 0.333. The van der Waals surface area contributed by atoms with Gasteiger partial charge in [-0.3, -0.25) is 9.59 Å². The SMILES string of the molecule is Cc1cccc(C)c1NC(=O)CSc1nnc([C@H](NC(=O)c2ccccc2Cl)C(C)C)n1C. The number of para-hydroxylation sites is 1. The fourth-order valence-corrected chi connectivity index (χ4v) is 4.37. The van der Waals surface area contributed by atoms with Crippen LogP contribution in [0.3, 0.4) is 0 Å². The minimum Gasteiger partial charge on any atom is -0.342 e. The molecule has 0 bridgehead atoms. The van der Waals surface area contributed by atoms with Crippen molar-refractivity contribution in [2.45, 2.75) is 38.9 Å². The highest BCUT2D eigenvalue weighted by Crippen LogP contribution is 2.26. The third-order valence-corrected chi connectivity index (χ3v) is 6.65. The predicted molar refractivity (Wildman–Crippen MR) is 133 cm³/mol. The minimum atomic E-state index is -0.371. The molecule has 2 aromatic carbocycles. The molecule has 2 amide bonds. The summed E-state index contributed by atoms with van der Waals surface area (Å²) >= 11 is 7.47. The van der Waals surface area contributed by atoms with Crippen molar-refractivity contribution < 1.29 is 9.59 Å². The molecule has 7 nitrogen and oxygen atoms in total. The van der Waals surface area contributed by atoms with Gasteiger partial charge in [0.2, 0.25) is 5.91 Å². The topological polar surface area (TPSA) is 88.9 Å². The zero-order chi connectivity index (χ0) is 24.1. The first-order chi connectivity index (χ1) is 15.7. The zero-order valence-corrected chi connectivity index (χ0v) is 20.9. The van der Waals surface area contributed by atoms with Crippen molar-refractivity contribution in [1.82, 2.24) is 20.1 Å². The number of aromatic nitrogens is 3. The molecule has 0 spiro atoms. The van der Waals surface area contributed by atoms with Crippen molar-refractivity contribution in [1.29, 1.82) is 0 Å². The van der Waals surface area contributed by atoms with Crippen LogP contribution >= 0.6 is 23.4 Å². The summed E-state index contributed by atoms with van der Waals surface area (Å²) < 4.78 is 1.81. The molecule has 0 aliphatic carbocycles. The lowest BCUT2D eigenvalue weighted by atomic mass is 10.0. The number of anilines is 1. The minimum absolute atomic E-state index is 0.0597. The van der Waals surface area contributed by atoms with E-state index in [2.05, 4.69) is 20.8 Å². The van der Waals surface area contributed by atoms with Crippen LogP contribution in [0, 0.1) is 19.8 Å². The molecule has 0 fully saturated rings. The van der Waals surface area contributed by atoms with E-state index in [0.717, 1.165) is 16.8 Å². The first-order valence-electron chi connectivity index (χ1n) is 10.6. The second kappa shape index (κ2) is 10.9. The normalized spacial score (nSPS) is 12.0. The van der Waals surface area contributed by atoms with E-state index in [0.29, 0.717) is 21.6 Å². The van der Waals surface area contributed by atoms with Crippen molar-refractivity contribution in [3.8, 4) is 0 Å². The highest BCUT2D eigenvalue weighted by Gasteiger charge is 2.26. The molecule has 0 aliphatic heterocycles. The van der Waals surface area contributed by atoms with Gasteiger partial charge in [0.1, 0.15) is 0 Å². The second-order valence-corrected chi connectivity index (χ2v) is 9.53. The van der Waals surface area contributed by atoms with E-state index in [9.17, 15) is 9.59 Å². The van der Waals surface area contributed by atoms with Crippen LogP contribution in [0.25, 0.3) is 0 Å². The maximum Gasteiger partial charge on any atom is 0.253 e. The number of carbonyl (C=O) groups excluding carboxylic acids is 2. The quantitative estimate of drug-likeness (QED) is 0.441. The Kier molecular flexibility index (Phi) is 8.15. The van der Waals surface area contributed by atoms with E-state index in [1.807, 2.05) is 57.5 Å². The number of nitrogens with one attached hydrogen (secondary N) is 2. The zero-order valence-electron chi connectivity index (χ0n) is 19.3. The van der Waals surface area contributed by atoms with Crippen molar-refractivity contribution in [2.75, 3.05) is 11.1 Å². The van der Waals surface area contributed by atoms with Gasteiger partial charge in [0.25, 0.3) is 5.91 Å². The molecule has 1 atom stereocenters. The van der Waals surface area contributed by atoms with Crippen LogP contribution in [-0.4, -0.2) is 32.3 Å². The Morgan fingerprint density at radius 1 is 1.06 bits per heavy atom. The molecule has 0 saturated carbocycles. The van der Waals surface area contributed by atoms with Gasteiger partial charge in [0.05, 0.1) is 22.4 Å². The number of amides is 2. The first-order valence-corrected chi connectivity index (χ1v) is 12.0. The molecule has 174 valence electrons. The van der Waals surface area contributed by atoms with E-state index < -0.39 is 0 Å². The molecule has 0 radical (unpaired) electrons. The largest absolute Gasteiger partial charge is 0.342 e. The van der Waals surface area contributed by atoms with Gasteiger partial charge >= 0.3 is 0 Å². The van der Waals surface area contributed by atoms with E-state index in [4.69, 9.17) is 11.6 Å². The van der Waals surface area contributed by atoms with Crippen LogP contribution in [0.2, 0.25) is 5.02 Å². The molecule has 1 heterocycles. The van der Waals surface area contributed by atoms with Gasteiger partial charge in [-0.2, -0.15) is 0 Å². The molecule has 1 aromatic heterocycles. The summed E-state index contributed by atoms with van der Waals surface area (Å²) in [6.45, 7) is 7.93. The van der Waals surface area contributed by atoms with Crippen LogP contribution in [-0.2, 0) is 11.8 Å². The number of nitrogens with zero attached hydrogens (tertiary/aromatic N) is 3. The average Bonchev–Trinajstić information content (AvgIpc) is 3.13. The molecule has 2 N–H and O–H groups in total. The average molecular weight is 486 g/mol. The molecule has 9 heteroatoms. The molecule has 3 aromatic rings. The molecule has 0 aliphatic rings. The van der Waals surface area contributed by atoms with Crippen molar-refractivity contribution in [3.05, 3.63) is 70.0 Å². The Hall–Kier alpha value is -2.84. The Labute approximate surface area is 203 Å². The predicted octanol–water partition coefficient (Wildman–Crippen LogP) is 4.94. The molecule has 0 saturated heterocycles. The van der Waals surface area contributed by atoms with Gasteiger partial charge in [-0.1, -0.05) is 67.5 Å². The molecular weight excluding hydrogens is 458 g/mol. The Morgan fingerprint density at radius 3 is 2.36 bits per heavy atom. The Morgan fingerprint density at radius 2 is 1.73 bits per heavy atom. The summed E-state index contributed by atoms with van der Waals surface area (Å²) in [5.41, 5.74) is 3.28. The van der Waals surface area contributed by atoms with Gasteiger partial charge in [-0.15, -0.1) is 10.2 Å². The summed E-state index contributed by atoms with van der Waals surface area (Å²) in [7, 11) is 1.83. The van der Waals surface area contributed by atoms with Crippen molar-refractivity contribution in [2.24, 2.45) is 13.0 Å². The molecule has 33 heavy (non-hydrogen) atoms. The molecule has 3 rings (SSSR count). The van der Waals surface area contributed by atoms with E-state index in [1.165, 1.54) is 11.8 Å². The number of benzene rings is 2. The number of rotatable bonds is 8. The number of hydrogen-bond donors (Lipinski definition) is 2. The highest BCUT2D eigenvalue weighted by atomic mass is 35.5. The third-order valence-electron chi connectivity index (χ3n) is 5.30. The van der Waals surface area contributed by atoms with E-state index >= 15 is 0 Å². The lowest BCUT2D eigenvalue weighted by Gasteiger charge is -2.22. The van der Waals surface area contributed by atoms with Crippen LogP contribution in [0.15, 0.2) is 47.6 Å². The summed E-state index contributed by atoms with van der Waals surface area (Å²) in [4.78, 5) is 25.3. The lowest BCUT2D eigenvalue weighted by molar-refractivity contribution is -0.113. The molecule has 0 unspecified atom stereocenters. The maximum atomic E-state index is 12.8. The van der Waals surface area contributed by atoms with Crippen LogP contribution in [0.1, 0.15) is 47.2 Å². The number of carbonyl (C=O) groups is 2. The number of hydrogen-bond acceptors (Lipinski definition) is 5. The Balaban J connectivity index is 1.69. The first kappa shape index (κ1) is 24.8.